The van der Waals surface area contributed by atoms with Crippen LogP contribution >= 0.6 is 0 Å². The molecule has 0 aliphatic heterocycles. The zero-order valence-electron chi connectivity index (χ0n) is 37.1. The Hall–Kier alpha value is -2.45. The van der Waals surface area contributed by atoms with Gasteiger partial charge in [0.15, 0.2) is 6.10 Å². The lowest BCUT2D eigenvalue weighted by Crippen LogP contribution is -2.55. The van der Waals surface area contributed by atoms with Crippen LogP contribution in [0.3, 0.4) is 0 Å². The highest BCUT2D eigenvalue weighted by Gasteiger charge is 2.25. The van der Waals surface area contributed by atoms with Crippen LogP contribution < -0.4 is 5.11 Å². The van der Waals surface area contributed by atoms with Gasteiger partial charge in [-0.1, -0.05) is 172 Å². The van der Waals surface area contributed by atoms with Gasteiger partial charge in [-0.3, -0.25) is 9.59 Å². The van der Waals surface area contributed by atoms with Crippen molar-refractivity contribution >= 4 is 17.9 Å². The summed E-state index contributed by atoms with van der Waals surface area (Å²) in [5, 5.41) is 11.6. The van der Waals surface area contributed by atoms with Crippen LogP contribution in [0.2, 0.25) is 0 Å². The predicted molar refractivity (Wildman–Crippen MR) is 231 cm³/mol. The second kappa shape index (κ2) is 39.4. The van der Waals surface area contributed by atoms with Gasteiger partial charge >= 0.3 is 11.9 Å². The first-order chi connectivity index (χ1) is 27.1. The van der Waals surface area contributed by atoms with Crippen molar-refractivity contribution in [1.82, 2.24) is 0 Å². The van der Waals surface area contributed by atoms with E-state index in [1.807, 2.05) is 0 Å². The van der Waals surface area contributed by atoms with Crippen LogP contribution in [0, 0.1) is 0 Å². The topological polar surface area (TPSA) is 102 Å². The Morgan fingerprint density at radius 3 is 1.48 bits per heavy atom. The summed E-state index contributed by atoms with van der Waals surface area (Å²) < 4.78 is 17.2. The number of hydrogen-bond acceptors (Lipinski definition) is 7. The molecule has 0 saturated heterocycles. The maximum atomic E-state index is 12.7. The molecule has 0 saturated carbocycles. The minimum absolute atomic E-state index is 0.0412. The molecule has 2 unspecified atom stereocenters. The number of aliphatic carboxylic acids is 1. The molecule has 0 aromatic rings. The fraction of sp³-hybridized carbons (Fsp3) is 0.812. The molecule has 2 atom stereocenters. The Morgan fingerprint density at radius 2 is 1.00 bits per heavy atom. The van der Waals surface area contributed by atoms with Crippen molar-refractivity contribution in [3.05, 3.63) is 36.5 Å². The van der Waals surface area contributed by atoms with E-state index in [4.69, 9.17) is 14.2 Å². The van der Waals surface area contributed by atoms with Crippen LogP contribution in [0.1, 0.15) is 200 Å². The standard InChI is InChI=1S/C48H87NO7/c1-6-8-10-12-14-16-18-20-21-22-23-24-25-27-29-31-33-35-37-39-47(51)56-44(42-54-41-40-45(48(52)53)49(3,4)5)43-55-46(50)38-36-34-32-30-28-26-19-17-15-13-11-9-7-2/h8,10,14,16,20-21,44-45H,6-7,9,11-13,15,17-19,22-43H2,1-5H3/b10-8+,16-14+,21-20+. The largest absolute Gasteiger partial charge is 0.544 e. The fourth-order valence-corrected chi connectivity index (χ4v) is 6.73. The number of carboxylic acids is 1. The molecule has 0 amide bonds. The van der Waals surface area contributed by atoms with Gasteiger partial charge in [0.2, 0.25) is 0 Å². The number of carbonyl (C=O) groups is 3. The molecule has 0 aromatic heterocycles. The average molecular weight is 790 g/mol. The molecule has 56 heavy (non-hydrogen) atoms. The summed E-state index contributed by atoms with van der Waals surface area (Å²) >= 11 is 0. The Morgan fingerprint density at radius 1 is 0.554 bits per heavy atom. The zero-order chi connectivity index (χ0) is 41.4. The van der Waals surface area contributed by atoms with Crippen LogP contribution in [0.15, 0.2) is 36.5 Å². The van der Waals surface area contributed by atoms with E-state index < -0.39 is 18.1 Å². The van der Waals surface area contributed by atoms with Crippen molar-refractivity contribution in [3.8, 4) is 0 Å². The molecular formula is C48H87NO7. The van der Waals surface area contributed by atoms with Gasteiger partial charge in [-0.15, -0.1) is 0 Å². The second-order valence-electron chi connectivity index (χ2n) is 16.6. The Balaban J connectivity index is 4.29. The Kier molecular flexibility index (Phi) is 37.7. The minimum atomic E-state index is -1.12. The molecule has 0 heterocycles. The van der Waals surface area contributed by atoms with E-state index in [1.165, 1.54) is 103 Å². The van der Waals surface area contributed by atoms with Crippen LogP contribution in [0.4, 0.5) is 0 Å². The molecule has 326 valence electrons. The summed E-state index contributed by atoms with van der Waals surface area (Å²) in [5.74, 6) is -1.73. The van der Waals surface area contributed by atoms with Gasteiger partial charge in [-0.2, -0.15) is 0 Å². The molecule has 0 aromatic carbocycles. The Bertz CT molecular complexity index is 1020. The number of esters is 2. The minimum Gasteiger partial charge on any atom is -0.544 e. The van der Waals surface area contributed by atoms with Crippen molar-refractivity contribution in [2.75, 3.05) is 41.0 Å². The maximum absolute atomic E-state index is 12.7. The highest BCUT2D eigenvalue weighted by Crippen LogP contribution is 2.15. The summed E-state index contributed by atoms with van der Waals surface area (Å²) in [6.45, 7) is 4.56. The number of carbonyl (C=O) groups excluding carboxylic acids is 3. The smallest absolute Gasteiger partial charge is 0.306 e. The number of hydrogen-bond donors (Lipinski definition) is 0. The van der Waals surface area contributed by atoms with Gasteiger partial charge in [0.05, 0.1) is 40.3 Å². The summed E-state index contributed by atoms with van der Waals surface area (Å²) in [6.07, 6.45) is 44.5. The molecule has 8 nitrogen and oxygen atoms in total. The number of allylic oxidation sites excluding steroid dienone is 6. The van der Waals surface area contributed by atoms with Crippen molar-refractivity contribution in [1.29, 1.82) is 0 Å². The molecule has 0 fully saturated rings. The number of carboxylic acid groups (broad SMARTS) is 1. The van der Waals surface area contributed by atoms with E-state index in [1.54, 1.807) is 21.1 Å². The van der Waals surface area contributed by atoms with E-state index in [-0.39, 0.29) is 42.7 Å². The lowest BCUT2D eigenvalue weighted by molar-refractivity contribution is -0.889. The predicted octanol–water partition coefficient (Wildman–Crippen LogP) is 11.3. The molecule has 0 spiro atoms. The maximum Gasteiger partial charge on any atom is 0.306 e. The highest BCUT2D eigenvalue weighted by atomic mass is 16.6. The van der Waals surface area contributed by atoms with Crippen molar-refractivity contribution < 1.29 is 38.2 Å². The summed E-state index contributed by atoms with van der Waals surface area (Å²) in [7, 11) is 5.41. The molecule has 0 N–H and O–H groups in total. The quantitative estimate of drug-likeness (QED) is 0.0263. The normalized spacial score (nSPS) is 13.2. The number of nitrogens with zero attached hydrogens (tertiary/aromatic N) is 1. The number of unbranched alkanes of at least 4 members (excludes halogenated alkanes) is 21. The fourth-order valence-electron chi connectivity index (χ4n) is 6.73. The van der Waals surface area contributed by atoms with E-state index in [0.29, 0.717) is 12.8 Å². The lowest BCUT2D eigenvalue weighted by atomic mass is 10.0. The summed E-state index contributed by atoms with van der Waals surface area (Å²) in [6, 6.07) is -0.725. The van der Waals surface area contributed by atoms with Crippen molar-refractivity contribution in [3.63, 3.8) is 0 Å². The van der Waals surface area contributed by atoms with Crippen LogP contribution in [0.25, 0.3) is 0 Å². The van der Waals surface area contributed by atoms with Gasteiger partial charge in [-0.25, -0.2) is 0 Å². The third kappa shape index (κ3) is 37.1. The third-order valence-corrected chi connectivity index (χ3v) is 10.3. The molecule has 8 heteroatoms. The summed E-state index contributed by atoms with van der Waals surface area (Å²) in [4.78, 5) is 36.9. The van der Waals surface area contributed by atoms with Gasteiger partial charge in [-0.05, 0) is 44.9 Å². The summed E-state index contributed by atoms with van der Waals surface area (Å²) in [5.41, 5.74) is 0. The molecule has 0 aliphatic rings. The molecular weight excluding hydrogens is 703 g/mol. The first-order valence-electron chi connectivity index (χ1n) is 23.0. The molecule has 0 radical (unpaired) electrons. The van der Waals surface area contributed by atoms with Crippen molar-refractivity contribution in [2.45, 2.75) is 212 Å². The number of quaternary nitrogens is 1. The number of rotatable bonds is 41. The van der Waals surface area contributed by atoms with Crippen LogP contribution in [0.5, 0.6) is 0 Å². The van der Waals surface area contributed by atoms with Crippen molar-refractivity contribution in [2.24, 2.45) is 0 Å². The van der Waals surface area contributed by atoms with Gasteiger partial charge in [0, 0.05) is 19.3 Å². The molecule has 0 bridgehead atoms. The van der Waals surface area contributed by atoms with E-state index in [0.717, 1.165) is 64.2 Å². The number of ether oxygens (including phenoxy) is 3. The van der Waals surface area contributed by atoms with Gasteiger partial charge in [0.25, 0.3) is 0 Å². The Labute approximate surface area is 344 Å². The average Bonchev–Trinajstić information content (AvgIpc) is 3.15. The lowest BCUT2D eigenvalue weighted by Gasteiger charge is -2.34. The number of likely N-dealkylation sites (N-methyl/N-ethyl adjacent to an activating group) is 1. The first kappa shape index (κ1) is 53.6. The van der Waals surface area contributed by atoms with Crippen LogP contribution in [-0.4, -0.2) is 75.5 Å². The zero-order valence-corrected chi connectivity index (χ0v) is 37.1. The third-order valence-electron chi connectivity index (χ3n) is 10.3. The van der Waals surface area contributed by atoms with E-state index in [2.05, 4.69) is 50.3 Å². The molecule has 0 rings (SSSR count). The SMILES string of the molecule is CC/C=C/C/C=C/C/C=C/CCCCCCCCCCCC(=O)OC(COCCC(C(=O)[O-])[N+](C)(C)C)COC(=O)CCCCCCCCCCCCCCC. The van der Waals surface area contributed by atoms with Gasteiger partial charge < -0.3 is 28.6 Å². The van der Waals surface area contributed by atoms with Crippen LogP contribution in [-0.2, 0) is 28.6 Å². The highest BCUT2D eigenvalue weighted by molar-refractivity contribution is 5.70. The monoisotopic (exact) mass is 790 g/mol. The van der Waals surface area contributed by atoms with E-state index in [9.17, 15) is 19.5 Å². The van der Waals surface area contributed by atoms with Gasteiger partial charge in [0.1, 0.15) is 12.6 Å². The molecule has 0 aliphatic carbocycles. The second-order valence-corrected chi connectivity index (χ2v) is 16.6. The van der Waals surface area contributed by atoms with E-state index >= 15 is 0 Å². The first-order valence-corrected chi connectivity index (χ1v) is 23.0.